The maximum Gasteiger partial charge on any atom is 0.264 e. The van der Waals surface area contributed by atoms with Gasteiger partial charge in [-0.25, -0.2) is 0 Å². The fourth-order valence-corrected chi connectivity index (χ4v) is 4.06. The first-order valence-electron chi connectivity index (χ1n) is 6.55. The van der Waals surface area contributed by atoms with Gasteiger partial charge in [0.25, 0.3) is 5.91 Å². The first-order chi connectivity index (χ1) is 9.70. The Kier molecular flexibility index (Phi) is 3.92. The first-order valence-corrected chi connectivity index (χ1v) is 8.16. The van der Waals surface area contributed by atoms with Crippen molar-refractivity contribution in [2.45, 2.75) is 12.5 Å². The normalized spacial score (nSPS) is 17.9. The SMILES string of the molecule is NCC1c2ccccc2CCN1C(=O)c1ccc(Br)s1. The second kappa shape index (κ2) is 5.68. The average molecular weight is 351 g/mol. The van der Waals surface area contributed by atoms with Crippen LogP contribution in [0.3, 0.4) is 0 Å². The number of nitrogens with zero attached hydrogens (tertiary/aromatic N) is 1. The van der Waals surface area contributed by atoms with Gasteiger partial charge < -0.3 is 10.6 Å². The van der Waals surface area contributed by atoms with E-state index in [-0.39, 0.29) is 11.9 Å². The van der Waals surface area contributed by atoms with Crippen LogP contribution >= 0.6 is 27.3 Å². The Morgan fingerprint density at radius 3 is 2.85 bits per heavy atom. The van der Waals surface area contributed by atoms with E-state index in [0.29, 0.717) is 6.54 Å². The van der Waals surface area contributed by atoms with Gasteiger partial charge in [0.05, 0.1) is 14.7 Å². The lowest BCUT2D eigenvalue weighted by Gasteiger charge is -2.36. The van der Waals surface area contributed by atoms with Crippen molar-refractivity contribution in [3.8, 4) is 0 Å². The predicted molar refractivity (Wildman–Crippen MR) is 85.0 cm³/mol. The van der Waals surface area contributed by atoms with E-state index in [0.717, 1.165) is 21.6 Å². The third-order valence-corrected chi connectivity index (χ3v) is 5.29. The molecular formula is C15H15BrN2OS. The van der Waals surface area contributed by atoms with Crippen molar-refractivity contribution in [3.05, 3.63) is 56.2 Å². The van der Waals surface area contributed by atoms with Crippen LogP contribution in [0.25, 0.3) is 0 Å². The summed E-state index contributed by atoms with van der Waals surface area (Å²) in [5.41, 5.74) is 8.42. The molecule has 0 aliphatic carbocycles. The molecule has 1 aliphatic heterocycles. The van der Waals surface area contributed by atoms with Gasteiger partial charge in [-0.2, -0.15) is 0 Å². The molecule has 0 saturated heterocycles. The molecule has 0 fully saturated rings. The Morgan fingerprint density at radius 1 is 1.35 bits per heavy atom. The van der Waals surface area contributed by atoms with Crippen molar-refractivity contribution >= 4 is 33.2 Å². The Bertz CT molecular complexity index is 640. The number of benzene rings is 1. The van der Waals surface area contributed by atoms with Crippen molar-refractivity contribution in [3.63, 3.8) is 0 Å². The van der Waals surface area contributed by atoms with E-state index in [4.69, 9.17) is 5.73 Å². The molecular weight excluding hydrogens is 336 g/mol. The molecule has 0 saturated carbocycles. The van der Waals surface area contributed by atoms with Crippen LogP contribution in [0.15, 0.2) is 40.2 Å². The molecule has 2 aromatic rings. The smallest absolute Gasteiger partial charge is 0.264 e. The Labute approximate surface area is 130 Å². The van der Waals surface area contributed by atoms with Gasteiger partial charge in [-0.15, -0.1) is 11.3 Å². The van der Waals surface area contributed by atoms with E-state index in [1.165, 1.54) is 22.5 Å². The van der Waals surface area contributed by atoms with Crippen molar-refractivity contribution in [1.29, 1.82) is 0 Å². The Balaban J connectivity index is 1.93. The van der Waals surface area contributed by atoms with Crippen LogP contribution in [0, 0.1) is 0 Å². The molecule has 104 valence electrons. The maximum atomic E-state index is 12.7. The van der Waals surface area contributed by atoms with Crippen LogP contribution in [0.2, 0.25) is 0 Å². The van der Waals surface area contributed by atoms with Crippen molar-refractivity contribution in [2.75, 3.05) is 13.1 Å². The van der Waals surface area contributed by atoms with Gasteiger partial charge in [0, 0.05) is 13.1 Å². The highest BCUT2D eigenvalue weighted by Gasteiger charge is 2.30. The average Bonchev–Trinajstić information content (AvgIpc) is 2.91. The highest BCUT2D eigenvalue weighted by atomic mass is 79.9. The Hall–Kier alpha value is -1.17. The number of hydrogen-bond donors (Lipinski definition) is 1. The molecule has 3 rings (SSSR count). The van der Waals surface area contributed by atoms with Gasteiger partial charge in [0.15, 0.2) is 0 Å². The summed E-state index contributed by atoms with van der Waals surface area (Å²) in [6.07, 6.45) is 0.894. The number of nitrogens with two attached hydrogens (primary N) is 1. The standard InChI is InChI=1S/C15H15BrN2OS/c16-14-6-5-13(20-14)15(19)18-8-7-10-3-1-2-4-11(10)12(18)9-17/h1-6,12H,7-9,17H2. The molecule has 0 spiro atoms. The van der Waals surface area contributed by atoms with Crippen LogP contribution in [0.4, 0.5) is 0 Å². The number of halogens is 1. The van der Waals surface area contributed by atoms with E-state index in [1.54, 1.807) is 0 Å². The zero-order valence-electron chi connectivity index (χ0n) is 10.9. The fourth-order valence-electron chi connectivity index (χ4n) is 2.72. The number of carbonyl (C=O) groups excluding carboxylic acids is 1. The molecule has 3 nitrogen and oxygen atoms in total. The third kappa shape index (κ3) is 2.41. The third-order valence-electron chi connectivity index (χ3n) is 3.68. The van der Waals surface area contributed by atoms with Crippen molar-refractivity contribution in [2.24, 2.45) is 5.73 Å². The topological polar surface area (TPSA) is 46.3 Å². The summed E-state index contributed by atoms with van der Waals surface area (Å²) >= 11 is 4.87. The fraction of sp³-hybridized carbons (Fsp3) is 0.267. The van der Waals surface area contributed by atoms with Crippen LogP contribution < -0.4 is 5.73 Å². The van der Waals surface area contributed by atoms with Crippen molar-refractivity contribution in [1.82, 2.24) is 4.90 Å². The molecule has 20 heavy (non-hydrogen) atoms. The number of carbonyl (C=O) groups is 1. The van der Waals surface area contributed by atoms with Gasteiger partial charge in [0.1, 0.15) is 0 Å². The number of thiophene rings is 1. The molecule has 1 aromatic carbocycles. The molecule has 1 aliphatic rings. The second-order valence-electron chi connectivity index (χ2n) is 4.80. The van der Waals surface area contributed by atoms with Crippen LogP contribution in [0.5, 0.6) is 0 Å². The number of fused-ring (bicyclic) bond motifs is 1. The summed E-state index contributed by atoms with van der Waals surface area (Å²) in [4.78, 5) is 15.3. The highest BCUT2D eigenvalue weighted by molar-refractivity contribution is 9.11. The summed E-state index contributed by atoms with van der Waals surface area (Å²) < 4.78 is 0.975. The molecule has 1 atom stereocenters. The largest absolute Gasteiger partial charge is 0.329 e. The van der Waals surface area contributed by atoms with E-state index in [9.17, 15) is 4.79 Å². The molecule has 2 N–H and O–H groups in total. The molecule has 1 amide bonds. The minimum absolute atomic E-state index is 0.0201. The molecule has 0 radical (unpaired) electrons. The lowest BCUT2D eigenvalue weighted by atomic mass is 9.92. The maximum absolute atomic E-state index is 12.7. The van der Waals surface area contributed by atoms with Crippen molar-refractivity contribution < 1.29 is 4.79 Å². The van der Waals surface area contributed by atoms with E-state index in [2.05, 4.69) is 28.1 Å². The lowest BCUT2D eigenvalue weighted by molar-refractivity contribution is 0.0673. The minimum Gasteiger partial charge on any atom is -0.329 e. The molecule has 2 heterocycles. The summed E-state index contributed by atoms with van der Waals surface area (Å²) in [6, 6.07) is 12.0. The molecule has 0 bridgehead atoms. The van der Waals surface area contributed by atoms with Gasteiger partial charge in [-0.1, -0.05) is 24.3 Å². The van der Waals surface area contributed by atoms with Crippen LogP contribution in [-0.2, 0) is 6.42 Å². The lowest BCUT2D eigenvalue weighted by Crippen LogP contribution is -2.42. The number of rotatable bonds is 2. The van der Waals surface area contributed by atoms with E-state index in [1.807, 2.05) is 29.2 Å². The number of hydrogen-bond acceptors (Lipinski definition) is 3. The summed E-state index contributed by atoms with van der Waals surface area (Å²) in [6.45, 7) is 1.18. The van der Waals surface area contributed by atoms with Gasteiger partial charge in [-0.3, -0.25) is 4.79 Å². The number of amides is 1. The van der Waals surface area contributed by atoms with E-state index < -0.39 is 0 Å². The monoisotopic (exact) mass is 350 g/mol. The van der Waals surface area contributed by atoms with Gasteiger partial charge in [-0.05, 0) is 45.6 Å². The predicted octanol–water partition coefficient (Wildman–Crippen LogP) is 3.21. The Morgan fingerprint density at radius 2 is 2.15 bits per heavy atom. The van der Waals surface area contributed by atoms with Gasteiger partial charge in [0.2, 0.25) is 0 Å². The first kappa shape index (κ1) is 13.8. The quantitative estimate of drug-likeness (QED) is 0.903. The summed E-state index contributed by atoms with van der Waals surface area (Å²) in [7, 11) is 0. The van der Waals surface area contributed by atoms with Crippen LogP contribution in [0.1, 0.15) is 26.8 Å². The van der Waals surface area contributed by atoms with Crippen LogP contribution in [-0.4, -0.2) is 23.9 Å². The molecule has 1 unspecified atom stereocenters. The summed E-state index contributed by atoms with van der Waals surface area (Å²) in [5, 5.41) is 0. The second-order valence-corrected chi connectivity index (χ2v) is 7.27. The van der Waals surface area contributed by atoms with Gasteiger partial charge >= 0.3 is 0 Å². The summed E-state index contributed by atoms with van der Waals surface area (Å²) in [5.74, 6) is 0.0747. The zero-order valence-corrected chi connectivity index (χ0v) is 13.3. The molecule has 1 aromatic heterocycles. The molecule has 5 heteroatoms. The van der Waals surface area contributed by atoms with E-state index >= 15 is 0 Å². The minimum atomic E-state index is -0.0201. The zero-order chi connectivity index (χ0) is 14.1. The highest BCUT2D eigenvalue weighted by Crippen LogP contribution is 2.32.